The maximum Gasteiger partial charge on any atom is 0.254 e. The molecular formula is C14H16ClN3O. The number of hydrogen-bond donors (Lipinski definition) is 1. The van der Waals surface area contributed by atoms with Gasteiger partial charge in [0.2, 0.25) is 0 Å². The number of rotatable bonds is 4. The van der Waals surface area contributed by atoms with Crippen molar-refractivity contribution in [1.82, 2.24) is 15.1 Å². The lowest BCUT2D eigenvalue weighted by atomic mass is 10.1. The average molecular weight is 278 g/mol. The zero-order valence-corrected chi connectivity index (χ0v) is 11.7. The number of halogens is 1. The first-order chi connectivity index (χ1) is 9.08. The smallest absolute Gasteiger partial charge is 0.254 e. The van der Waals surface area contributed by atoms with Gasteiger partial charge in [-0.1, -0.05) is 23.7 Å². The molecule has 0 unspecified atom stereocenters. The van der Waals surface area contributed by atoms with Gasteiger partial charge in [0.25, 0.3) is 5.91 Å². The molecule has 0 spiro atoms. The third kappa shape index (κ3) is 3.35. The first-order valence-corrected chi connectivity index (χ1v) is 6.47. The van der Waals surface area contributed by atoms with Gasteiger partial charge in [0.05, 0.1) is 11.8 Å². The molecule has 0 atom stereocenters. The van der Waals surface area contributed by atoms with Crippen LogP contribution in [0.1, 0.15) is 21.6 Å². The molecule has 0 saturated heterocycles. The van der Waals surface area contributed by atoms with Gasteiger partial charge >= 0.3 is 0 Å². The van der Waals surface area contributed by atoms with Crippen LogP contribution in [0.25, 0.3) is 0 Å². The molecule has 4 nitrogen and oxygen atoms in total. The highest BCUT2D eigenvalue weighted by molar-refractivity contribution is 6.30. The van der Waals surface area contributed by atoms with Crippen LogP contribution in [0.4, 0.5) is 0 Å². The largest absolute Gasteiger partial charge is 0.352 e. The highest BCUT2D eigenvalue weighted by atomic mass is 35.5. The normalized spacial score (nSPS) is 10.5. The molecular weight excluding hydrogens is 262 g/mol. The van der Waals surface area contributed by atoms with E-state index < -0.39 is 0 Å². The van der Waals surface area contributed by atoms with Gasteiger partial charge in [-0.15, -0.1) is 0 Å². The summed E-state index contributed by atoms with van der Waals surface area (Å²) in [6.45, 7) is 2.45. The Morgan fingerprint density at radius 1 is 1.47 bits per heavy atom. The Hall–Kier alpha value is -1.81. The second-order valence-electron chi connectivity index (χ2n) is 4.40. The molecule has 0 fully saturated rings. The van der Waals surface area contributed by atoms with Crippen LogP contribution in [0.3, 0.4) is 0 Å². The first-order valence-electron chi connectivity index (χ1n) is 6.09. The Morgan fingerprint density at radius 3 is 2.89 bits per heavy atom. The summed E-state index contributed by atoms with van der Waals surface area (Å²) in [6.07, 6.45) is 2.34. The molecule has 1 aromatic carbocycles. The number of nitrogens with zero attached hydrogens (tertiary/aromatic N) is 2. The van der Waals surface area contributed by atoms with Crippen molar-refractivity contribution in [2.24, 2.45) is 7.05 Å². The van der Waals surface area contributed by atoms with Crippen LogP contribution in [0.15, 0.2) is 30.5 Å². The molecule has 1 N–H and O–H groups in total. The number of nitrogens with one attached hydrogen (secondary N) is 1. The summed E-state index contributed by atoms with van der Waals surface area (Å²) < 4.78 is 1.69. The van der Waals surface area contributed by atoms with Gasteiger partial charge in [-0.05, 0) is 31.0 Å². The minimum Gasteiger partial charge on any atom is -0.352 e. The van der Waals surface area contributed by atoms with Gasteiger partial charge < -0.3 is 5.32 Å². The van der Waals surface area contributed by atoms with Crippen molar-refractivity contribution in [1.29, 1.82) is 0 Å². The summed E-state index contributed by atoms with van der Waals surface area (Å²) in [5.41, 5.74) is 2.59. The van der Waals surface area contributed by atoms with Crippen LogP contribution in [0, 0.1) is 6.92 Å². The van der Waals surface area contributed by atoms with Gasteiger partial charge in [0, 0.05) is 24.3 Å². The number of aryl methyl sites for hydroxylation is 1. The van der Waals surface area contributed by atoms with E-state index in [2.05, 4.69) is 10.4 Å². The molecule has 1 aromatic heterocycles. The van der Waals surface area contributed by atoms with E-state index in [0.717, 1.165) is 17.7 Å². The lowest BCUT2D eigenvalue weighted by Crippen LogP contribution is -2.26. The fraction of sp³-hybridized carbons (Fsp3) is 0.286. The molecule has 100 valence electrons. The van der Waals surface area contributed by atoms with E-state index in [1.54, 1.807) is 10.9 Å². The molecule has 0 saturated carbocycles. The van der Waals surface area contributed by atoms with E-state index in [4.69, 9.17) is 11.6 Å². The lowest BCUT2D eigenvalue weighted by Gasteiger charge is -2.05. The molecule has 2 rings (SSSR count). The molecule has 0 aliphatic carbocycles. The van der Waals surface area contributed by atoms with Crippen LogP contribution in [-0.2, 0) is 13.5 Å². The topological polar surface area (TPSA) is 46.9 Å². The first kappa shape index (κ1) is 13.6. The van der Waals surface area contributed by atoms with Gasteiger partial charge in [-0.25, -0.2) is 0 Å². The van der Waals surface area contributed by atoms with Crippen LogP contribution in [0.2, 0.25) is 5.02 Å². The van der Waals surface area contributed by atoms with Crippen LogP contribution in [-0.4, -0.2) is 22.2 Å². The minimum atomic E-state index is -0.0902. The quantitative estimate of drug-likeness (QED) is 0.932. The summed E-state index contributed by atoms with van der Waals surface area (Å²) in [6, 6.07) is 7.64. The Balaban J connectivity index is 1.89. The fourth-order valence-electron chi connectivity index (χ4n) is 1.83. The van der Waals surface area contributed by atoms with E-state index in [-0.39, 0.29) is 5.91 Å². The average Bonchev–Trinajstić information content (AvgIpc) is 2.70. The highest BCUT2D eigenvalue weighted by Crippen LogP contribution is 2.11. The number of hydrogen-bond acceptors (Lipinski definition) is 2. The van der Waals surface area contributed by atoms with E-state index in [9.17, 15) is 4.79 Å². The van der Waals surface area contributed by atoms with Crippen molar-refractivity contribution in [2.45, 2.75) is 13.3 Å². The van der Waals surface area contributed by atoms with E-state index in [1.807, 2.05) is 38.2 Å². The van der Waals surface area contributed by atoms with Crippen molar-refractivity contribution in [3.63, 3.8) is 0 Å². The van der Waals surface area contributed by atoms with E-state index >= 15 is 0 Å². The Kier molecular flexibility index (Phi) is 4.22. The Labute approximate surface area is 117 Å². The number of carbonyl (C=O) groups is 1. The van der Waals surface area contributed by atoms with Crippen molar-refractivity contribution in [2.75, 3.05) is 6.54 Å². The van der Waals surface area contributed by atoms with Gasteiger partial charge in [-0.3, -0.25) is 9.48 Å². The maximum absolute atomic E-state index is 11.9. The van der Waals surface area contributed by atoms with Gasteiger partial charge in [0.1, 0.15) is 0 Å². The molecule has 1 amide bonds. The van der Waals surface area contributed by atoms with E-state index in [1.165, 1.54) is 0 Å². The fourth-order valence-corrected chi connectivity index (χ4v) is 2.04. The number of carbonyl (C=O) groups excluding carboxylic acids is 1. The van der Waals surface area contributed by atoms with Crippen molar-refractivity contribution in [3.8, 4) is 0 Å². The molecule has 0 radical (unpaired) electrons. The summed E-state index contributed by atoms with van der Waals surface area (Å²) in [5.74, 6) is -0.0902. The van der Waals surface area contributed by atoms with Crippen molar-refractivity contribution >= 4 is 17.5 Å². The summed E-state index contributed by atoms with van der Waals surface area (Å²) in [4.78, 5) is 11.9. The summed E-state index contributed by atoms with van der Waals surface area (Å²) >= 11 is 5.91. The number of benzene rings is 1. The third-order valence-electron chi connectivity index (χ3n) is 3.07. The number of aromatic nitrogens is 2. The predicted molar refractivity (Wildman–Crippen MR) is 75.4 cm³/mol. The van der Waals surface area contributed by atoms with Crippen molar-refractivity contribution < 1.29 is 4.79 Å². The molecule has 0 aliphatic heterocycles. The molecule has 5 heteroatoms. The Bertz CT molecular complexity index is 592. The van der Waals surface area contributed by atoms with Crippen molar-refractivity contribution in [3.05, 3.63) is 52.3 Å². The maximum atomic E-state index is 11.9. The standard InChI is InChI=1S/C14H16ClN3O/c1-10-13(9-17-18(10)2)14(19)16-7-6-11-4-3-5-12(15)8-11/h3-5,8-9H,6-7H2,1-2H3,(H,16,19). The SMILES string of the molecule is Cc1c(C(=O)NCCc2cccc(Cl)c2)cnn1C. The molecule has 2 aromatic rings. The molecule has 1 heterocycles. The summed E-state index contributed by atoms with van der Waals surface area (Å²) in [5, 5.41) is 7.65. The van der Waals surface area contributed by atoms with E-state index in [0.29, 0.717) is 17.1 Å². The summed E-state index contributed by atoms with van der Waals surface area (Å²) in [7, 11) is 1.82. The zero-order valence-electron chi connectivity index (χ0n) is 11.0. The second-order valence-corrected chi connectivity index (χ2v) is 4.84. The van der Waals surface area contributed by atoms with Crippen LogP contribution >= 0.6 is 11.6 Å². The van der Waals surface area contributed by atoms with Gasteiger partial charge in [0.15, 0.2) is 0 Å². The second kappa shape index (κ2) is 5.89. The lowest BCUT2D eigenvalue weighted by molar-refractivity contribution is 0.0953. The predicted octanol–water partition coefficient (Wildman–Crippen LogP) is 2.35. The molecule has 19 heavy (non-hydrogen) atoms. The monoisotopic (exact) mass is 277 g/mol. The van der Waals surface area contributed by atoms with Crippen LogP contribution < -0.4 is 5.32 Å². The molecule has 0 bridgehead atoms. The Morgan fingerprint density at radius 2 is 2.26 bits per heavy atom. The molecule has 0 aliphatic rings. The minimum absolute atomic E-state index is 0.0902. The number of amides is 1. The zero-order chi connectivity index (χ0) is 13.8. The third-order valence-corrected chi connectivity index (χ3v) is 3.30. The highest BCUT2D eigenvalue weighted by Gasteiger charge is 2.11. The van der Waals surface area contributed by atoms with Crippen LogP contribution in [0.5, 0.6) is 0 Å². The van der Waals surface area contributed by atoms with Gasteiger partial charge in [-0.2, -0.15) is 5.10 Å².